The standard InChI is InChI=1S/C10H13BrFNO2S/c1-2-13(7-6-11)16(14,15)10-5-3-4-9(12)8-10/h3-5,8H,2,6-7H2,1H3. The van der Waals surface area contributed by atoms with Crippen molar-refractivity contribution in [1.29, 1.82) is 0 Å². The van der Waals surface area contributed by atoms with Crippen molar-refractivity contribution in [3.05, 3.63) is 30.1 Å². The van der Waals surface area contributed by atoms with Crippen LogP contribution in [0.3, 0.4) is 0 Å². The summed E-state index contributed by atoms with van der Waals surface area (Å²) in [6, 6.07) is 5.05. The van der Waals surface area contributed by atoms with Crippen LogP contribution in [0.25, 0.3) is 0 Å². The van der Waals surface area contributed by atoms with Crippen LogP contribution in [0.15, 0.2) is 29.2 Å². The van der Waals surface area contributed by atoms with Crippen LogP contribution in [0.4, 0.5) is 4.39 Å². The van der Waals surface area contributed by atoms with Crippen molar-refractivity contribution in [2.75, 3.05) is 18.4 Å². The molecule has 0 radical (unpaired) electrons. The molecule has 0 bridgehead atoms. The molecule has 90 valence electrons. The van der Waals surface area contributed by atoms with Crippen molar-refractivity contribution < 1.29 is 12.8 Å². The maximum Gasteiger partial charge on any atom is 0.243 e. The van der Waals surface area contributed by atoms with Gasteiger partial charge < -0.3 is 0 Å². The first-order valence-electron chi connectivity index (χ1n) is 4.84. The molecule has 0 heterocycles. The third-order valence-electron chi connectivity index (χ3n) is 2.12. The number of nitrogens with zero attached hydrogens (tertiary/aromatic N) is 1. The van der Waals surface area contributed by atoms with E-state index in [2.05, 4.69) is 15.9 Å². The second-order valence-corrected chi connectivity index (χ2v) is 5.87. The summed E-state index contributed by atoms with van der Waals surface area (Å²) >= 11 is 3.19. The number of alkyl halides is 1. The predicted molar refractivity (Wildman–Crippen MR) is 64.6 cm³/mol. The van der Waals surface area contributed by atoms with E-state index in [-0.39, 0.29) is 4.90 Å². The van der Waals surface area contributed by atoms with Gasteiger partial charge in [0.15, 0.2) is 0 Å². The molecule has 0 unspecified atom stereocenters. The van der Waals surface area contributed by atoms with E-state index in [1.807, 2.05) is 0 Å². The molecular formula is C10H13BrFNO2S. The van der Waals surface area contributed by atoms with Gasteiger partial charge in [-0.05, 0) is 18.2 Å². The van der Waals surface area contributed by atoms with Gasteiger partial charge in [0.25, 0.3) is 0 Å². The molecular weight excluding hydrogens is 297 g/mol. The monoisotopic (exact) mass is 309 g/mol. The highest BCUT2D eigenvalue weighted by Gasteiger charge is 2.22. The first-order valence-corrected chi connectivity index (χ1v) is 7.40. The van der Waals surface area contributed by atoms with Gasteiger partial charge in [-0.1, -0.05) is 28.9 Å². The van der Waals surface area contributed by atoms with Crippen LogP contribution < -0.4 is 0 Å². The minimum absolute atomic E-state index is 0.00435. The lowest BCUT2D eigenvalue weighted by Crippen LogP contribution is -2.32. The Hall–Kier alpha value is -0.460. The lowest BCUT2D eigenvalue weighted by atomic mass is 10.4. The molecule has 0 aliphatic rings. The topological polar surface area (TPSA) is 37.4 Å². The van der Waals surface area contributed by atoms with E-state index in [0.29, 0.717) is 18.4 Å². The number of sulfonamides is 1. The van der Waals surface area contributed by atoms with Gasteiger partial charge in [0.05, 0.1) is 4.90 Å². The molecule has 0 spiro atoms. The molecule has 0 aliphatic carbocycles. The molecule has 6 heteroatoms. The highest BCUT2D eigenvalue weighted by Crippen LogP contribution is 2.16. The summed E-state index contributed by atoms with van der Waals surface area (Å²) in [6.45, 7) is 2.49. The van der Waals surface area contributed by atoms with Crippen LogP contribution in [0.1, 0.15) is 6.92 Å². The normalized spacial score (nSPS) is 12.0. The van der Waals surface area contributed by atoms with Gasteiger partial charge in [-0.3, -0.25) is 0 Å². The Balaban J connectivity index is 3.09. The Morgan fingerprint density at radius 3 is 2.62 bits per heavy atom. The maximum atomic E-state index is 13.0. The number of hydrogen-bond donors (Lipinski definition) is 0. The van der Waals surface area contributed by atoms with Crippen LogP contribution in [0.2, 0.25) is 0 Å². The Labute approximate surface area is 103 Å². The Morgan fingerprint density at radius 1 is 1.44 bits per heavy atom. The van der Waals surface area contributed by atoms with Crippen LogP contribution in [-0.4, -0.2) is 31.1 Å². The van der Waals surface area contributed by atoms with Crippen LogP contribution >= 0.6 is 15.9 Å². The molecule has 0 amide bonds. The van der Waals surface area contributed by atoms with Crippen LogP contribution in [-0.2, 0) is 10.0 Å². The summed E-state index contributed by atoms with van der Waals surface area (Å²) in [6.07, 6.45) is 0. The van der Waals surface area contributed by atoms with Crippen molar-refractivity contribution in [2.45, 2.75) is 11.8 Å². The highest BCUT2D eigenvalue weighted by molar-refractivity contribution is 9.09. The molecule has 16 heavy (non-hydrogen) atoms. The number of benzene rings is 1. The van der Waals surface area contributed by atoms with Crippen molar-refractivity contribution in [3.63, 3.8) is 0 Å². The lowest BCUT2D eigenvalue weighted by molar-refractivity contribution is 0.448. The fourth-order valence-corrected chi connectivity index (χ4v) is 3.46. The van der Waals surface area contributed by atoms with Gasteiger partial charge in [-0.15, -0.1) is 0 Å². The Bertz CT molecular complexity index is 450. The van der Waals surface area contributed by atoms with E-state index in [9.17, 15) is 12.8 Å². The molecule has 0 aromatic heterocycles. The second kappa shape index (κ2) is 5.75. The minimum Gasteiger partial charge on any atom is -0.207 e. The van der Waals surface area contributed by atoms with Crippen molar-refractivity contribution in [1.82, 2.24) is 4.31 Å². The minimum atomic E-state index is -3.57. The number of halogens is 2. The van der Waals surface area contributed by atoms with Gasteiger partial charge >= 0.3 is 0 Å². The van der Waals surface area contributed by atoms with Crippen molar-refractivity contribution in [2.24, 2.45) is 0 Å². The molecule has 0 atom stereocenters. The molecule has 0 fully saturated rings. The molecule has 1 aromatic carbocycles. The summed E-state index contributed by atoms with van der Waals surface area (Å²) in [7, 11) is -3.57. The van der Waals surface area contributed by atoms with Gasteiger partial charge in [-0.2, -0.15) is 4.31 Å². The fourth-order valence-electron chi connectivity index (χ4n) is 1.32. The van der Waals surface area contributed by atoms with Crippen LogP contribution in [0, 0.1) is 5.82 Å². The maximum absolute atomic E-state index is 13.0. The first kappa shape index (κ1) is 13.6. The number of rotatable bonds is 5. The summed E-state index contributed by atoms with van der Waals surface area (Å²) in [5, 5.41) is 0.551. The molecule has 0 N–H and O–H groups in total. The molecule has 0 saturated heterocycles. The van der Waals surface area contributed by atoms with Crippen molar-refractivity contribution >= 4 is 26.0 Å². The van der Waals surface area contributed by atoms with Gasteiger partial charge in [-0.25, -0.2) is 12.8 Å². The predicted octanol–water partition coefficient (Wildman–Crippen LogP) is 2.23. The quantitative estimate of drug-likeness (QED) is 0.782. The van der Waals surface area contributed by atoms with Crippen molar-refractivity contribution in [3.8, 4) is 0 Å². The van der Waals surface area contributed by atoms with E-state index < -0.39 is 15.8 Å². The van der Waals surface area contributed by atoms with E-state index in [4.69, 9.17) is 0 Å². The molecule has 0 aliphatic heterocycles. The molecule has 1 rings (SSSR count). The zero-order valence-electron chi connectivity index (χ0n) is 8.86. The summed E-state index contributed by atoms with van der Waals surface area (Å²) in [5.74, 6) is -0.545. The first-order chi connectivity index (χ1) is 7.52. The molecule has 3 nitrogen and oxygen atoms in total. The average Bonchev–Trinajstić information content (AvgIpc) is 2.25. The zero-order valence-corrected chi connectivity index (χ0v) is 11.3. The molecule has 0 saturated carbocycles. The summed E-state index contributed by atoms with van der Waals surface area (Å²) < 4.78 is 38.3. The number of hydrogen-bond acceptors (Lipinski definition) is 2. The molecule has 1 aromatic rings. The Morgan fingerprint density at radius 2 is 2.12 bits per heavy atom. The van der Waals surface area contributed by atoms with Gasteiger partial charge in [0.1, 0.15) is 5.82 Å². The highest BCUT2D eigenvalue weighted by atomic mass is 79.9. The van der Waals surface area contributed by atoms with E-state index in [1.165, 1.54) is 22.5 Å². The lowest BCUT2D eigenvalue weighted by Gasteiger charge is -2.19. The van der Waals surface area contributed by atoms with E-state index in [0.717, 1.165) is 6.07 Å². The van der Waals surface area contributed by atoms with E-state index >= 15 is 0 Å². The smallest absolute Gasteiger partial charge is 0.207 e. The van der Waals surface area contributed by atoms with Crippen LogP contribution in [0.5, 0.6) is 0 Å². The SMILES string of the molecule is CCN(CCBr)S(=O)(=O)c1cccc(F)c1. The third-order valence-corrected chi connectivity index (χ3v) is 4.45. The summed E-state index contributed by atoms with van der Waals surface area (Å²) in [5.41, 5.74) is 0. The largest absolute Gasteiger partial charge is 0.243 e. The summed E-state index contributed by atoms with van der Waals surface area (Å²) in [4.78, 5) is -0.00435. The zero-order chi connectivity index (χ0) is 12.2. The Kier molecular flexibility index (Phi) is 4.89. The van der Waals surface area contributed by atoms with E-state index in [1.54, 1.807) is 6.92 Å². The van der Waals surface area contributed by atoms with Gasteiger partial charge in [0.2, 0.25) is 10.0 Å². The second-order valence-electron chi connectivity index (χ2n) is 3.14. The third kappa shape index (κ3) is 3.02. The average molecular weight is 310 g/mol. The fraction of sp³-hybridized carbons (Fsp3) is 0.400. The van der Waals surface area contributed by atoms with Gasteiger partial charge in [0, 0.05) is 18.4 Å².